The molecule has 2 aromatic carbocycles. The number of hydrogen-bond acceptors (Lipinski definition) is 3. The van der Waals surface area contributed by atoms with Gasteiger partial charge in [-0.15, -0.1) is 0 Å². The van der Waals surface area contributed by atoms with Crippen LogP contribution in [0.4, 0.5) is 11.5 Å². The molecule has 0 bridgehead atoms. The molecule has 0 fully saturated rings. The SMILES string of the molecule is Cc1cc(N2CCCc3ccccc32)ncc1C(=O)c1ccccc1. The Bertz CT molecular complexity index is 918. The lowest BCUT2D eigenvalue weighted by Gasteiger charge is -2.30. The standard InChI is InChI=1S/C22H20N2O/c1-16-14-21(24-13-7-11-17-8-5-6-12-20(17)24)23-15-19(16)22(25)18-9-3-2-4-10-18/h2-6,8-10,12,14-15H,7,11,13H2,1H3. The van der Waals surface area contributed by atoms with E-state index in [2.05, 4.69) is 34.1 Å². The number of carbonyl (C=O) groups excluding carboxylic acids is 1. The summed E-state index contributed by atoms with van der Waals surface area (Å²) in [5.74, 6) is 0.936. The number of hydrogen-bond donors (Lipinski definition) is 0. The van der Waals surface area contributed by atoms with Crippen LogP contribution in [-0.4, -0.2) is 17.3 Å². The third kappa shape index (κ3) is 2.93. The molecule has 3 nitrogen and oxygen atoms in total. The molecule has 0 saturated carbocycles. The second-order valence-corrected chi connectivity index (χ2v) is 6.44. The van der Waals surface area contributed by atoms with Gasteiger partial charge in [-0.1, -0.05) is 48.5 Å². The highest BCUT2D eigenvalue weighted by Gasteiger charge is 2.20. The van der Waals surface area contributed by atoms with E-state index in [4.69, 9.17) is 0 Å². The van der Waals surface area contributed by atoms with E-state index in [0.717, 1.165) is 30.8 Å². The first kappa shape index (κ1) is 15.6. The van der Waals surface area contributed by atoms with Gasteiger partial charge in [0.05, 0.1) is 0 Å². The molecule has 0 N–H and O–H groups in total. The molecule has 25 heavy (non-hydrogen) atoms. The number of carbonyl (C=O) groups is 1. The Morgan fingerprint density at radius 3 is 2.60 bits per heavy atom. The summed E-state index contributed by atoms with van der Waals surface area (Å²) in [6.07, 6.45) is 3.94. The second-order valence-electron chi connectivity index (χ2n) is 6.44. The average Bonchev–Trinajstić information content (AvgIpc) is 2.67. The van der Waals surface area contributed by atoms with E-state index < -0.39 is 0 Å². The van der Waals surface area contributed by atoms with Crippen molar-refractivity contribution in [3.63, 3.8) is 0 Å². The number of para-hydroxylation sites is 1. The average molecular weight is 328 g/mol. The van der Waals surface area contributed by atoms with Gasteiger partial charge in [-0.3, -0.25) is 4.79 Å². The van der Waals surface area contributed by atoms with Crippen LogP contribution < -0.4 is 4.90 Å². The van der Waals surface area contributed by atoms with E-state index in [1.54, 1.807) is 6.20 Å². The fourth-order valence-corrected chi connectivity index (χ4v) is 3.44. The van der Waals surface area contributed by atoms with Crippen LogP contribution in [0.15, 0.2) is 66.9 Å². The van der Waals surface area contributed by atoms with Crippen LogP contribution >= 0.6 is 0 Å². The molecule has 2 heterocycles. The lowest BCUT2D eigenvalue weighted by atomic mass is 9.99. The van der Waals surface area contributed by atoms with Crippen LogP contribution in [0.2, 0.25) is 0 Å². The summed E-state index contributed by atoms with van der Waals surface area (Å²) in [6.45, 7) is 2.94. The highest BCUT2D eigenvalue weighted by atomic mass is 16.1. The summed E-state index contributed by atoms with van der Waals surface area (Å²) in [5.41, 5.74) is 4.91. The number of fused-ring (bicyclic) bond motifs is 1. The first-order valence-electron chi connectivity index (χ1n) is 8.66. The molecular weight excluding hydrogens is 308 g/mol. The lowest BCUT2D eigenvalue weighted by molar-refractivity contribution is 0.103. The van der Waals surface area contributed by atoms with Gasteiger partial charge < -0.3 is 4.90 Å². The molecule has 1 aromatic heterocycles. The number of aryl methyl sites for hydroxylation is 2. The molecule has 0 aliphatic carbocycles. The van der Waals surface area contributed by atoms with Gasteiger partial charge >= 0.3 is 0 Å². The lowest BCUT2D eigenvalue weighted by Crippen LogP contribution is -2.25. The largest absolute Gasteiger partial charge is 0.326 e. The van der Waals surface area contributed by atoms with Gasteiger partial charge in [-0.05, 0) is 43.0 Å². The summed E-state index contributed by atoms with van der Waals surface area (Å²) in [4.78, 5) is 19.6. The summed E-state index contributed by atoms with van der Waals surface area (Å²) in [7, 11) is 0. The van der Waals surface area contributed by atoms with Crippen molar-refractivity contribution < 1.29 is 4.79 Å². The van der Waals surface area contributed by atoms with E-state index in [-0.39, 0.29) is 5.78 Å². The fraction of sp³-hybridized carbons (Fsp3) is 0.182. The quantitative estimate of drug-likeness (QED) is 0.653. The van der Waals surface area contributed by atoms with Crippen LogP contribution in [0, 0.1) is 6.92 Å². The van der Waals surface area contributed by atoms with Gasteiger partial charge in [0.15, 0.2) is 5.78 Å². The monoisotopic (exact) mass is 328 g/mol. The maximum Gasteiger partial charge on any atom is 0.194 e. The summed E-state index contributed by atoms with van der Waals surface area (Å²) in [6, 6.07) is 19.9. The van der Waals surface area contributed by atoms with Crippen molar-refractivity contribution in [2.45, 2.75) is 19.8 Å². The Morgan fingerprint density at radius 1 is 1.04 bits per heavy atom. The Kier molecular flexibility index (Phi) is 4.06. The van der Waals surface area contributed by atoms with Gasteiger partial charge in [0.25, 0.3) is 0 Å². The van der Waals surface area contributed by atoms with E-state index >= 15 is 0 Å². The number of ketones is 1. The highest BCUT2D eigenvalue weighted by molar-refractivity contribution is 6.09. The maximum atomic E-state index is 12.7. The predicted molar refractivity (Wildman–Crippen MR) is 101 cm³/mol. The van der Waals surface area contributed by atoms with Crippen LogP contribution in [0.25, 0.3) is 0 Å². The van der Waals surface area contributed by atoms with Crippen molar-refractivity contribution in [2.24, 2.45) is 0 Å². The minimum Gasteiger partial charge on any atom is -0.326 e. The topological polar surface area (TPSA) is 33.2 Å². The number of anilines is 2. The molecule has 0 unspecified atom stereocenters. The van der Waals surface area contributed by atoms with Gasteiger partial charge in [0.1, 0.15) is 5.82 Å². The maximum absolute atomic E-state index is 12.7. The van der Waals surface area contributed by atoms with Gasteiger partial charge in [0, 0.05) is 29.6 Å². The zero-order valence-electron chi connectivity index (χ0n) is 14.3. The Hall–Kier alpha value is -2.94. The van der Waals surface area contributed by atoms with Crippen molar-refractivity contribution >= 4 is 17.3 Å². The van der Waals surface area contributed by atoms with Gasteiger partial charge in [0.2, 0.25) is 0 Å². The predicted octanol–water partition coefficient (Wildman–Crippen LogP) is 4.71. The van der Waals surface area contributed by atoms with E-state index in [0.29, 0.717) is 11.1 Å². The number of pyridine rings is 1. The summed E-state index contributed by atoms with van der Waals surface area (Å²) in [5, 5.41) is 0. The molecule has 3 heteroatoms. The molecule has 0 spiro atoms. The Labute approximate surface area is 148 Å². The number of nitrogens with zero attached hydrogens (tertiary/aromatic N) is 2. The molecule has 3 aromatic rings. The van der Waals surface area contributed by atoms with Crippen molar-refractivity contribution in [3.05, 3.63) is 89.1 Å². The number of rotatable bonds is 3. The summed E-state index contributed by atoms with van der Waals surface area (Å²) < 4.78 is 0. The molecule has 0 saturated heterocycles. The highest BCUT2D eigenvalue weighted by Crippen LogP contribution is 2.32. The first-order valence-corrected chi connectivity index (χ1v) is 8.66. The number of benzene rings is 2. The smallest absolute Gasteiger partial charge is 0.194 e. The minimum absolute atomic E-state index is 0.0243. The minimum atomic E-state index is 0.0243. The zero-order chi connectivity index (χ0) is 17.2. The molecular formula is C22H20N2O. The third-order valence-corrected chi connectivity index (χ3v) is 4.76. The third-order valence-electron chi connectivity index (χ3n) is 4.76. The fourth-order valence-electron chi connectivity index (χ4n) is 3.44. The molecule has 0 atom stereocenters. The zero-order valence-corrected chi connectivity index (χ0v) is 14.3. The molecule has 1 aliphatic rings. The van der Waals surface area contributed by atoms with Crippen LogP contribution in [-0.2, 0) is 6.42 Å². The molecule has 124 valence electrons. The second kappa shape index (κ2) is 6.52. The molecule has 1 aliphatic heterocycles. The van der Waals surface area contributed by atoms with E-state index in [1.165, 1.54) is 11.3 Å². The van der Waals surface area contributed by atoms with Crippen molar-refractivity contribution in [3.8, 4) is 0 Å². The molecule has 0 amide bonds. The van der Waals surface area contributed by atoms with Crippen LogP contribution in [0.5, 0.6) is 0 Å². The van der Waals surface area contributed by atoms with Gasteiger partial charge in [-0.2, -0.15) is 0 Å². The van der Waals surface area contributed by atoms with Crippen molar-refractivity contribution in [2.75, 3.05) is 11.4 Å². The number of aromatic nitrogens is 1. The van der Waals surface area contributed by atoms with Crippen molar-refractivity contribution in [1.29, 1.82) is 0 Å². The Balaban J connectivity index is 1.69. The Morgan fingerprint density at radius 2 is 1.80 bits per heavy atom. The van der Waals surface area contributed by atoms with Crippen LogP contribution in [0.1, 0.15) is 33.5 Å². The summed E-state index contributed by atoms with van der Waals surface area (Å²) >= 11 is 0. The first-order chi connectivity index (χ1) is 12.2. The normalized spacial score (nSPS) is 13.4. The van der Waals surface area contributed by atoms with Crippen molar-refractivity contribution in [1.82, 2.24) is 4.98 Å². The van der Waals surface area contributed by atoms with Crippen LogP contribution in [0.3, 0.4) is 0 Å². The van der Waals surface area contributed by atoms with Gasteiger partial charge in [-0.25, -0.2) is 4.98 Å². The van der Waals surface area contributed by atoms with E-state index in [9.17, 15) is 4.79 Å². The van der Waals surface area contributed by atoms with E-state index in [1.807, 2.05) is 43.3 Å². The molecule has 0 radical (unpaired) electrons. The molecule has 4 rings (SSSR count).